The highest BCUT2D eigenvalue weighted by Gasteiger charge is 2.29. The number of nitrogens with zero attached hydrogens (tertiary/aromatic N) is 2. The molecule has 0 saturated heterocycles. The molecule has 1 N–H and O–H groups in total. The number of aliphatic carboxylic acids is 1. The number of carboxylic acid groups (broad SMARTS) is 1. The third-order valence-electron chi connectivity index (χ3n) is 2.51. The molecule has 0 aliphatic rings. The third-order valence-corrected chi connectivity index (χ3v) is 4.50. The van der Waals surface area contributed by atoms with Gasteiger partial charge in [0.2, 0.25) is 10.0 Å². The number of rotatable bonds is 7. The number of hydrogen-bond donors (Lipinski definition) is 1. The molecule has 7 heteroatoms. The highest BCUT2D eigenvalue weighted by Crippen LogP contribution is 2.21. The molecule has 0 unspecified atom stereocenters. The molecule has 0 amide bonds. The topological polar surface area (TPSA) is 98.5 Å². The van der Waals surface area contributed by atoms with Gasteiger partial charge in [-0.2, -0.15) is 9.57 Å². The van der Waals surface area contributed by atoms with Crippen molar-refractivity contribution in [2.75, 3.05) is 12.3 Å². The molecule has 0 radical (unpaired) electrons. The summed E-state index contributed by atoms with van der Waals surface area (Å²) in [4.78, 5) is 10.7. The van der Waals surface area contributed by atoms with Crippen molar-refractivity contribution in [3.8, 4) is 6.07 Å². The zero-order valence-electron chi connectivity index (χ0n) is 11.2. The van der Waals surface area contributed by atoms with Gasteiger partial charge in [-0.1, -0.05) is 0 Å². The molecule has 0 aliphatic carbocycles. The Morgan fingerprint density at radius 3 is 2.28 bits per heavy atom. The highest BCUT2D eigenvalue weighted by atomic mass is 32.2. The molecular formula is C11H20N2O4S. The summed E-state index contributed by atoms with van der Waals surface area (Å²) in [7, 11) is -3.66. The Hall–Kier alpha value is -1.13. The fraction of sp³-hybridized carbons (Fsp3) is 0.818. The van der Waals surface area contributed by atoms with E-state index in [4.69, 9.17) is 10.4 Å². The van der Waals surface area contributed by atoms with Crippen LogP contribution in [-0.4, -0.2) is 42.1 Å². The van der Waals surface area contributed by atoms with Crippen LogP contribution in [-0.2, 0) is 14.8 Å². The minimum absolute atomic E-state index is 0.175. The first-order chi connectivity index (χ1) is 8.02. The maximum Gasteiger partial charge on any atom is 0.318 e. The second kappa shape index (κ2) is 6.16. The van der Waals surface area contributed by atoms with Crippen LogP contribution in [0, 0.1) is 16.7 Å². The fourth-order valence-corrected chi connectivity index (χ4v) is 3.25. The van der Waals surface area contributed by atoms with Crippen LogP contribution in [0.3, 0.4) is 0 Å². The normalized spacial score (nSPS) is 12.7. The first-order valence-corrected chi connectivity index (χ1v) is 7.25. The maximum absolute atomic E-state index is 12.0. The van der Waals surface area contributed by atoms with Crippen LogP contribution in [0.1, 0.15) is 34.1 Å². The van der Waals surface area contributed by atoms with Crippen molar-refractivity contribution in [1.29, 1.82) is 5.26 Å². The molecular weight excluding hydrogens is 256 g/mol. The van der Waals surface area contributed by atoms with Gasteiger partial charge in [-0.3, -0.25) is 4.79 Å². The second-order valence-electron chi connectivity index (χ2n) is 5.09. The lowest BCUT2D eigenvalue weighted by Crippen LogP contribution is -2.42. The summed E-state index contributed by atoms with van der Waals surface area (Å²) in [6.07, 6.45) is 0.175. The number of sulfonamides is 1. The predicted octanol–water partition coefficient (Wildman–Crippen LogP) is 1.05. The Kier molecular flexibility index (Phi) is 5.77. The van der Waals surface area contributed by atoms with E-state index in [0.29, 0.717) is 0 Å². The molecule has 104 valence electrons. The second-order valence-corrected chi connectivity index (χ2v) is 7.14. The Morgan fingerprint density at radius 2 is 1.94 bits per heavy atom. The van der Waals surface area contributed by atoms with E-state index in [1.165, 1.54) is 0 Å². The van der Waals surface area contributed by atoms with Gasteiger partial charge in [-0.05, 0) is 34.1 Å². The van der Waals surface area contributed by atoms with Crippen LogP contribution in [0.25, 0.3) is 0 Å². The van der Waals surface area contributed by atoms with E-state index in [9.17, 15) is 13.2 Å². The highest BCUT2D eigenvalue weighted by molar-refractivity contribution is 7.89. The van der Waals surface area contributed by atoms with Gasteiger partial charge in [-0.15, -0.1) is 0 Å². The average molecular weight is 276 g/mol. The molecule has 0 spiro atoms. The van der Waals surface area contributed by atoms with E-state index in [0.717, 1.165) is 4.31 Å². The summed E-state index contributed by atoms with van der Waals surface area (Å²) < 4.78 is 25.0. The minimum atomic E-state index is -3.66. The summed E-state index contributed by atoms with van der Waals surface area (Å²) in [6, 6.07) is 1.60. The summed E-state index contributed by atoms with van der Waals surface area (Å²) >= 11 is 0. The molecule has 0 aromatic heterocycles. The summed E-state index contributed by atoms with van der Waals surface area (Å²) in [6.45, 7) is 6.00. The first-order valence-electron chi connectivity index (χ1n) is 5.64. The smallest absolute Gasteiger partial charge is 0.318 e. The summed E-state index contributed by atoms with van der Waals surface area (Å²) in [5.74, 6) is -1.41. The molecule has 6 nitrogen and oxygen atoms in total. The van der Waals surface area contributed by atoms with Crippen molar-refractivity contribution in [3.05, 3.63) is 0 Å². The minimum Gasteiger partial charge on any atom is -0.480 e. The van der Waals surface area contributed by atoms with Crippen molar-refractivity contribution in [1.82, 2.24) is 4.31 Å². The lowest BCUT2D eigenvalue weighted by molar-refractivity contribution is -0.137. The van der Waals surface area contributed by atoms with E-state index in [1.54, 1.807) is 27.7 Å². The Balaban J connectivity index is 4.89. The van der Waals surface area contributed by atoms with Gasteiger partial charge in [-0.25, -0.2) is 8.42 Å². The molecule has 0 atom stereocenters. The molecule has 0 fully saturated rings. The number of nitriles is 1. The van der Waals surface area contributed by atoms with Crippen molar-refractivity contribution >= 4 is 16.0 Å². The van der Waals surface area contributed by atoms with Gasteiger partial charge in [0, 0.05) is 6.04 Å². The maximum atomic E-state index is 12.0. The van der Waals surface area contributed by atoms with E-state index in [-0.39, 0.29) is 12.2 Å². The van der Waals surface area contributed by atoms with Crippen LogP contribution in [0.4, 0.5) is 0 Å². The van der Waals surface area contributed by atoms with E-state index >= 15 is 0 Å². The number of carboxylic acids is 1. The SMILES string of the molecule is CC(C)N(CC(=O)O)S(=O)(=O)CCC(C)(C)C#N. The predicted molar refractivity (Wildman–Crippen MR) is 67.3 cm³/mol. The molecule has 0 aromatic carbocycles. The summed E-state index contributed by atoms with van der Waals surface area (Å²) in [5, 5.41) is 17.5. The van der Waals surface area contributed by atoms with E-state index in [1.807, 2.05) is 6.07 Å². The standard InChI is InChI=1S/C11H20N2O4S/c1-9(2)13(7-10(14)15)18(16,17)6-5-11(3,4)8-12/h9H,5-7H2,1-4H3,(H,14,15). The lowest BCUT2D eigenvalue weighted by Gasteiger charge is -2.25. The number of hydrogen-bond acceptors (Lipinski definition) is 4. The van der Waals surface area contributed by atoms with Gasteiger partial charge in [0.15, 0.2) is 0 Å². The average Bonchev–Trinajstić information content (AvgIpc) is 2.23. The van der Waals surface area contributed by atoms with Gasteiger partial charge in [0.1, 0.15) is 6.54 Å². The van der Waals surface area contributed by atoms with Crippen molar-refractivity contribution in [2.24, 2.45) is 5.41 Å². The Bertz CT molecular complexity index is 434. The van der Waals surface area contributed by atoms with Crippen LogP contribution in [0.15, 0.2) is 0 Å². The van der Waals surface area contributed by atoms with Crippen molar-refractivity contribution < 1.29 is 18.3 Å². The zero-order valence-corrected chi connectivity index (χ0v) is 12.0. The van der Waals surface area contributed by atoms with E-state index in [2.05, 4.69) is 0 Å². The van der Waals surface area contributed by atoms with Crippen LogP contribution >= 0.6 is 0 Å². The van der Waals surface area contributed by atoms with Gasteiger partial charge < -0.3 is 5.11 Å². The molecule has 0 heterocycles. The van der Waals surface area contributed by atoms with Crippen molar-refractivity contribution in [3.63, 3.8) is 0 Å². The quantitative estimate of drug-likeness (QED) is 0.749. The molecule has 0 rings (SSSR count). The molecule has 0 saturated carbocycles. The monoisotopic (exact) mass is 276 g/mol. The molecule has 0 bridgehead atoms. The van der Waals surface area contributed by atoms with Crippen LogP contribution in [0.2, 0.25) is 0 Å². The summed E-state index contributed by atoms with van der Waals surface area (Å²) in [5.41, 5.74) is -0.737. The molecule has 0 aliphatic heterocycles. The molecule has 0 aromatic rings. The fourth-order valence-electron chi connectivity index (χ4n) is 1.29. The third kappa shape index (κ3) is 5.47. The van der Waals surface area contributed by atoms with Crippen LogP contribution in [0.5, 0.6) is 0 Å². The Morgan fingerprint density at radius 1 is 1.44 bits per heavy atom. The Labute approximate surface area is 108 Å². The number of carbonyl (C=O) groups is 1. The van der Waals surface area contributed by atoms with Crippen molar-refractivity contribution in [2.45, 2.75) is 40.2 Å². The first kappa shape index (κ1) is 16.9. The van der Waals surface area contributed by atoms with Crippen LogP contribution < -0.4 is 0 Å². The van der Waals surface area contributed by atoms with Gasteiger partial charge >= 0.3 is 5.97 Å². The van der Waals surface area contributed by atoms with Gasteiger partial charge in [0.05, 0.1) is 17.2 Å². The largest absolute Gasteiger partial charge is 0.480 e. The zero-order chi connectivity index (χ0) is 14.6. The van der Waals surface area contributed by atoms with E-state index < -0.39 is 34.0 Å². The molecule has 18 heavy (non-hydrogen) atoms. The van der Waals surface area contributed by atoms with Gasteiger partial charge in [0.25, 0.3) is 0 Å². The lowest BCUT2D eigenvalue weighted by atomic mass is 9.93.